The molecule has 2 heterocycles. The van der Waals surface area contributed by atoms with E-state index in [1.807, 2.05) is 24.3 Å². The maximum absolute atomic E-state index is 12.4. The molecule has 0 bridgehead atoms. The van der Waals surface area contributed by atoms with Crippen molar-refractivity contribution in [2.45, 2.75) is 26.7 Å². The van der Waals surface area contributed by atoms with Gasteiger partial charge in [-0.15, -0.1) is 0 Å². The van der Waals surface area contributed by atoms with Crippen molar-refractivity contribution in [2.24, 2.45) is 20.0 Å². The van der Waals surface area contributed by atoms with Gasteiger partial charge in [-0.05, 0) is 29.5 Å². The zero-order valence-corrected chi connectivity index (χ0v) is 16.5. The Morgan fingerprint density at radius 3 is 2.36 bits per heavy atom. The van der Waals surface area contributed by atoms with E-state index >= 15 is 0 Å². The van der Waals surface area contributed by atoms with Crippen LogP contribution in [0.3, 0.4) is 0 Å². The Balaban J connectivity index is 1.78. The summed E-state index contributed by atoms with van der Waals surface area (Å²) in [4.78, 5) is 40.9. The molecule has 7 heteroatoms. The lowest BCUT2D eigenvalue weighted by atomic mass is 10.0. The van der Waals surface area contributed by atoms with Crippen molar-refractivity contribution in [2.75, 3.05) is 5.32 Å². The fourth-order valence-corrected chi connectivity index (χ4v) is 3.19. The summed E-state index contributed by atoms with van der Waals surface area (Å²) in [6.07, 6.45) is 2.68. The second-order valence-electron chi connectivity index (χ2n) is 7.44. The Kier molecular flexibility index (Phi) is 5.44. The highest BCUT2D eigenvalue weighted by Gasteiger charge is 2.12. The van der Waals surface area contributed by atoms with E-state index in [0.717, 1.165) is 16.6 Å². The number of benzene rings is 1. The molecule has 0 fully saturated rings. The number of fused-ring (bicyclic) bond motifs is 1. The van der Waals surface area contributed by atoms with Gasteiger partial charge >= 0.3 is 5.69 Å². The lowest BCUT2D eigenvalue weighted by Gasteiger charge is -2.10. The van der Waals surface area contributed by atoms with Crippen LogP contribution in [0.1, 0.15) is 25.0 Å². The molecule has 146 valence electrons. The molecule has 0 atom stereocenters. The molecule has 28 heavy (non-hydrogen) atoms. The second-order valence-corrected chi connectivity index (χ2v) is 7.44. The van der Waals surface area contributed by atoms with E-state index in [2.05, 4.69) is 24.1 Å². The average molecular weight is 380 g/mol. The highest BCUT2D eigenvalue weighted by molar-refractivity contribution is 5.93. The quantitative estimate of drug-likeness (QED) is 0.734. The van der Waals surface area contributed by atoms with E-state index in [4.69, 9.17) is 0 Å². The van der Waals surface area contributed by atoms with Gasteiger partial charge in [-0.3, -0.25) is 18.7 Å². The van der Waals surface area contributed by atoms with Gasteiger partial charge in [0.25, 0.3) is 5.56 Å². The molecule has 3 rings (SSSR count). The van der Waals surface area contributed by atoms with E-state index < -0.39 is 11.2 Å². The molecule has 7 nitrogen and oxygen atoms in total. The molecule has 0 aliphatic heterocycles. The van der Waals surface area contributed by atoms with Gasteiger partial charge in [0, 0.05) is 14.1 Å². The summed E-state index contributed by atoms with van der Waals surface area (Å²) in [5.41, 5.74) is 1.98. The van der Waals surface area contributed by atoms with Crippen LogP contribution in [-0.2, 0) is 31.7 Å². The third kappa shape index (κ3) is 4.03. The first-order valence-electron chi connectivity index (χ1n) is 9.19. The first-order chi connectivity index (χ1) is 13.3. The predicted octanol–water partition coefficient (Wildman–Crippen LogP) is 2.01. The molecule has 3 aromatic rings. The zero-order chi connectivity index (χ0) is 20.4. The summed E-state index contributed by atoms with van der Waals surface area (Å²) in [6, 6.07) is 9.56. The number of pyridine rings is 1. The molecule has 0 saturated carbocycles. The molecular weight excluding hydrogens is 356 g/mol. The van der Waals surface area contributed by atoms with Crippen LogP contribution >= 0.6 is 0 Å². The number of nitrogens with one attached hydrogen (secondary N) is 1. The van der Waals surface area contributed by atoms with Crippen molar-refractivity contribution < 1.29 is 4.79 Å². The molecule has 0 saturated heterocycles. The van der Waals surface area contributed by atoms with Crippen molar-refractivity contribution in [1.29, 1.82) is 0 Å². The topological polar surface area (TPSA) is 86.0 Å². The Morgan fingerprint density at radius 2 is 1.71 bits per heavy atom. The van der Waals surface area contributed by atoms with Gasteiger partial charge in [0.05, 0.1) is 23.7 Å². The van der Waals surface area contributed by atoms with Gasteiger partial charge in [-0.1, -0.05) is 38.1 Å². The van der Waals surface area contributed by atoms with Crippen molar-refractivity contribution in [1.82, 2.24) is 14.1 Å². The first-order valence-corrected chi connectivity index (χ1v) is 9.19. The maximum atomic E-state index is 12.4. The first kappa shape index (κ1) is 19.5. The average Bonchev–Trinajstić information content (AvgIpc) is 2.65. The second kappa shape index (κ2) is 7.80. The highest BCUT2D eigenvalue weighted by Crippen LogP contribution is 2.14. The predicted molar refractivity (Wildman–Crippen MR) is 110 cm³/mol. The summed E-state index contributed by atoms with van der Waals surface area (Å²) < 4.78 is 2.33. The van der Waals surface area contributed by atoms with Crippen LogP contribution in [0.5, 0.6) is 0 Å². The molecule has 1 amide bonds. The molecular formula is C21H24N4O3. The van der Waals surface area contributed by atoms with E-state index in [-0.39, 0.29) is 23.4 Å². The molecule has 0 aliphatic rings. The number of nitrogens with zero attached hydrogens (tertiary/aromatic N) is 3. The van der Waals surface area contributed by atoms with E-state index in [1.54, 1.807) is 13.1 Å². The number of rotatable bonds is 5. The van der Waals surface area contributed by atoms with Gasteiger partial charge in [0.1, 0.15) is 5.65 Å². The number of carbonyl (C=O) groups excluding carboxylic acids is 1. The fourth-order valence-electron chi connectivity index (χ4n) is 3.19. The third-order valence-electron chi connectivity index (χ3n) is 4.61. The normalized spacial score (nSPS) is 11.2. The van der Waals surface area contributed by atoms with E-state index in [0.29, 0.717) is 11.6 Å². The standard InChI is InChI=1S/C21H24N4O3/c1-13(2)9-14-5-7-15(8-6-14)10-18(26)23-16-11-17-19(22-12-16)24(3)21(28)25(4)20(17)27/h5-8,11-13H,9-10H2,1-4H3,(H,23,26). The minimum absolute atomic E-state index is 0.195. The van der Waals surface area contributed by atoms with Gasteiger partial charge < -0.3 is 5.32 Å². The Morgan fingerprint density at radius 1 is 1.07 bits per heavy atom. The lowest BCUT2D eigenvalue weighted by molar-refractivity contribution is -0.115. The van der Waals surface area contributed by atoms with Gasteiger partial charge in [-0.25, -0.2) is 9.78 Å². The molecule has 1 aromatic carbocycles. The van der Waals surface area contributed by atoms with Crippen molar-refractivity contribution >= 4 is 22.6 Å². The molecule has 0 spiro atoms. The highest BCUT2D eigenvalue weighted by atomic mass is 16.2. The van der Waals surface area contributed by atoms with Crippen LogP contribution in [0.25, 0.3) is 11.0 Å². The zero-order valence-electron chi connectivity index (χ0n) is 16.5. The van der Waals surface area contributed by atoms with Gasteiger partial charge in [-0.2, -0.15) is 0 Å². The SMILES string of the molecule is CC(C)Cc1ccc(CC(=O)Nc2cnc3c(c2)c(=O)n(C)c(=O)n3C)cc1. The molecule has 2 aromatic heterocycles. The number of amides is 1. The smallest absolute Gasteiger partial charge is 0.324 e. The van der Waals surface area contributed by atoms with Crippen molar-refractivity contribution in [3.63, 3.8) is 0 Å². The summed E-state index contributed by atoms with van der Waals surface area (Å²) >= 11 is 0. The van der Waals surface area contributed by atoms with Crippen LogP contribution < -0.4 is 16.6 Å². The summed E-state index contributed by atoms with van der Waals surface area (Å²) in [7, 11) is 2.97. The number of aryl methyl sites for hydroxylation is 1. The number of anilines is 1. The summed E-state index contributed by atoms with van der Waals surface area (Å²) in [6.45, 7) is 4.34. The Labute approximate surface area is 162 Å². The molecule has 0 radical (unpaired) electrons. The summed E-state index contributed by atoms with van der Waals surface area (Å²) in [5, 5.41) is 3.05. The van der Waals surface area contributed by atoms with Gasteiger partial charge in [0.15, 0.2) is 0 Å². The molecule has 0 aliphatic carbocycles. The van der Waals surface area contributed by atoms with E-state index in [9.17, 15) is 14.4 Å². The van der Waals surface area contributed by atoms with Gasteiger partial charge in [0.2, 0.25) is 5.91 Å². The van der Waals surface area contributed by atoms with Crippen LogP contribution in [-0.4, -0.2) is 20.0 Å². The van der Waals surface area contributed by atoms with Crippen molar-refractivity contribution in [3.8, 4) is 0 Å². The fraction of sp³-hybridized carbons (Fsp3) is 0.333. The number of carbonyl (C=O) groups is 1. The number of hydrogen-bond donors (Lipinski definition) is 1. The lowest BCUT2D eigenvalue weighted by Crippen LogP contribution is -2.37. The number of hydrogen-bond acceptors (Lipinski definition) is 4. The largest absolute Gasteiger partial charge is 0.332 e. The van der Waals surface area contributed by atoms with Crippen LogP contribution in [0.4, 0.5) is 5.69 Å². The van der Waals surface area contributed by atoms with Crippen LogP contribution in [0.15, 0.2) is 46.1 Å². The minimum Gasteiger partial charge on any atom is -0.324 e. The van der Waals surface area contributed by atoms with E-state index in [1.165, 1.54) is 23.4 Å². The van der Waals surface area contributed by atoms with Crippen molar-refractivity contribution in [3.05, 3.63) is 68.5 Å². The van der Waals surface area contributed by atoms with Crippen LogP contribution in [0, 0.1) is 5.92 Å². The molecule has 0 unspecified atom stereocenters. The number of aromatic nitrogens is 3. The Hall–Kier alpha value is -3.22. The summed E-state index contributed by atoms with van der Waals surface area (Å²) in [5.74, 6) is 0.390. The minimum atomic E-state index is -0.442. The monoisotopic (exact) mass is 380 g/mol. The molecule has 1 N–H and O–H groups in total. The third-order valence-corrected chi connectivity index (χ3v) is 4.61. The maximum Gasteiger partial charge on any atom is 0.332 e. The Bertz CT molecular complexity index is 1140. The van der Waals surface area contributed by atoms with Crippen LogP contribution in [0.2, 0.25) is 0 Å².